The van der Waals surface area contributed by atoms with Gasteiger partial charge in [-0.3, -0.25) is 20.4 Å². The van der Waals surface area contributed by atoms with E-state index in [9.17, 15) is 9.59 Å². The number of amides is 2. The van der Waals surface area contributed by atoms with Gasteiger partial charge in [-0.2, -0.15) is 0 Å². The van der Waals surface area contributed by atoms with Crippen LogP contribution in [0.1, 0.15) is 28.4 Å². The third-order valence-corrected chi connectivity index (χ3v) is 3.20. The molecule has 0 saturated heterocycles. The van der Waals surface area contributed by atoms with Gasteiger partial charge in [0.1, 0.15) is 5.75 Å². The SMILES string of the molecule is CCOc1ccc(C(=O)NNC(=O)/C=C/c2cccc(C)c2)cc1. The first-order valence-electron chi connectivity index (χ1n) is 7.66. The molecule has 2 N–H and O–H groups in total. The van der Waals surface area contributed by atoms with Gasteiger partial charge in [0.25, 0.3) is 11.8 Å². The molecule has 0 unspecified atom stereocenters. The summed E-state index contributed by atoms with van der Waals surface area (Å²) >= 11 is 0. The van der Waals surface area contributed by atoms with Crippen LogP contribution in [-0.4, -0.2) is 18.4 Å². The second-order valence-corrected chi connectivity index (χ2v) is 5.15. The number of carbonyl (C=O) groups is 2. The molecule has 2 aromatic carbocycles. The van der Waals surface area contributed by atoms with E-state index in [1.807, 2.05) is 38.1 Å². The number of hydrazine groups is 1. The van der Waals surface area contributed by atoms with Gasteiger partial charge in [-0.1, -0.05) is 29.8 Å². The molecule has 124 valence electrons. The summed E-state index contributed by atoms with van der Waals surface area (Å²) in [6.45, 7) is 4.43. The minimum absolute atomic E-state index is 0.393. The topological polar surface area (TPSA) is 67.4 Å². The van der Waals surface area contributed by atoms with Gasteiger partial charge < -0.3 is 4.74 Å². The van der Waals surface area contributed by atoms with Crippen molar-refractivity contribution in [3.8, 4) is 5.75 Å². The van der Waals surface area contributed by atoms with Crippen molar-refractivity contribution >= 4 is 17.9 Å². The molecule has 0 bridgehead atoms. The summed E-state index contributed by atoms with van der Waals surface area (Å²) in [5.74, 6) is -0.106. The second kappa shape index (κ2) is 8.53. The van der Waals surface area contributed by atoms with Gasteiger partial charge in [-0.25, -0.2) is 0 Å². The van der Waals surface area contributed by atoms with Gasteiger partial charge in [0.15, 0.2) is 0 Å². The minimum atomic E-state index is -0.407. The maximum absolute atomic E-state index is 11.9. The molecule has 0 saturated carbocycles. The van der Waals surface area contributed by atoms with Crippen molar-refractivity contribution in [2.24, 2.45) is 0 Å². The lowest BCUT2D eigenvalue weighted by Crippen LogP contribution is -2.40. The van der Waals surface area contributed by atoms with Crippen LogP contribution in [0.3, 0.4) is 0 Å². The van der Waals surface area contributed by atoms with E-state index < -0.39 is 11.8 Å². The van der Waals surface area contributed by atoms with Gasteiger partial charge in [0.2, 0.25) is 0 Å². The Morgan fingerprint density at radius 2 is 1.83 bits per heavy atom. The van der Waals surface area contributed by atoms with Crippen molar-refractivity contribution < 1.29 is 14.3 Å². The van der Waals surface area contributed by atoms with Crippen LogP contribution in [0.15, 0.2) is 54.6 Å². The molecular formula is C19H20N2O3. The largest absolute Gasteiger partial charge is 0.494 e. The zero-order valence-corrected chi connectivity index (χ0v) is 13.7. The third-order valence-electron chi connectivity index (χ3n) is 3.20. The minimum Gasteiger partial charge on any atom is -0.494 e. The van der Waals surface area contributed by atoms with Crippen LogP contribution in [0, 0.1) is 6.92 Å². The molecule has 0 aliphatic rings. The molecule has 0 aliphatic carbocycles. The predicted molar refractivity (Wildman–Crippen MR) is 93.4 cm³/mol. The molecule has 5 heteroatoms. The van der Waals surface area contributed by atoms with E-state index in [1.165, 1.54) is 6.08 Å². The van der Waals surface area contributed by atoms with Crippen LogP contribution in [0.5, 0.6) is 5.75 Å². The van der Waals surface area contributed by atoms with Crippen molar-refractivity contribution in [2.45, 2.75) is 13.8 Å². The first-order chi connectivity index (χ1) is 11.6. The lowest BCUT2D eigenvalue weighted by molar-refractivity contribution is -0.117. The van der Waals surface area contributed by atoms with E-state index in [-0.39, 0.29) is 0 Å². The first-order valence-corrected chi connectivity index (χ1v) is 7.66. The van der Waals surface area contributed by atoms with Crippen LogP contribution in [0.4, 0.5) is 0 Å². The molecule has 0 radical (unpaired) electrons. The van der Waals surface area contributed by atoms with Crippen LogP contribution < -0.4 is 15.6 Å². The molecule has 0 aromatic heterocycles. The third kappa shape index (κ3) is 5.28. The Morgan fingerprint density at radius 1 is 1.08 bits per heavy atom. The number of carbonyl (C=O) groups excluding carboxylic acids is 2. The van der Waals surface area contributed by atoms with Gasteiger partial charge in [-0.15, -0.1) is 0 Å². The van der Waals surface area contributed by atoms with Crippen LogP contribution in [-0.2, 0) is 4.79 Å². The summed E-state index contributed by atoms with van der Waals surface area (Å²) in [6, 6.07) is 14.4. The molecule has 2 amide bonds. The molecule has 0 fully saturated rings. The fourth-order valence-corrected chi connectivity index (χ4v) is 2.05. The standard InChI is InChI=1S/C19H20N2O3/c1-3-24-17-10-8-16(9-11-17)19(23)21-20-18(22)12-7-15-6-4-5-14(2)13-15/h4-13H,3H2,1-2H3,(H,20,22)(H,21,23)/b12-7+. The molecule has 0 aliphatic heterocycles. The van der Waals surface area contributed by atoms with E-state index in [0.717, 1.165) is 11.1 Å². The molecule has 5 nitrogen and oxygen atoms in total. The van der Waals surface area contributed by atoms with Gasteiger partial charge in [-0.05, 0) is 49.8 Å². The molecule has 0 spiro atoms. The number of hydrogen-bond donors (Lipinski definition) is 2. The Balaban J connectivity index is 1.85. The molecule has 0 heterocycles. The summed E-state index contributed by atoms with van der Waals surface area (Å²) in [7, 11) is 0. The maximum Gasteiger partial charge on any atom is 0.269 e. The Hall–Kier alpha value is -3.08. The first kappa shape index (κ1) is 17.3. The zero-order valence-electron chi connectivity index (χ0n) is 13.7. The maximum atomic E-state index is 11.9. The predicted octanol–water partition coefficient (Wildman–Crippen LogP) is 2.87. The quantitative estimate of drug-likeness (QED) is 0.656. The lowest BCUT2D eigenvalue weighted by Gasteiger charge is -2.07. The van der Waals surface area contributed by atoms with Gasteiger partial charge >= 0.3 is 0 Å². The highest BCUT2D eigenvalue weighted by atomic mass is 16.5. The average Bonchev–Trinajstić information content (AvgIpc) is 2.59. The van der Waals surface area contributed by atoms with E-state index in [1.54, 1.807) is 30.3 Å². The lowest BCUT2D eigenvalue weighted by atomic mass is 10.1. The van der Waals surface area contributed by atoms with Crippen molar-refractivity contribution in [2.75, 3.05) is 6.61 Å². The van der Waals surface area contributed by atoms with E-state index in [4.69, 9.17) is 4.74 Å². The molecule has 2 rings (SSSR count). The number of nitrogens with one attached hydrogen (secondary N) is 2. The Morgan fingerprint density at radius 3 is 2.50 bits per heavy atom. The fraction of sp³-hybridized carbons (Fsp3) is 0.158. The Labute approximate surface area is 141 Å². The number of ether oxygens (including phenoxy) is 1. The summed E-state index contributed by atoms with van der Waals surface area (Å²) in [5, 5.41) is 0. The Bertz CT molecular complexity index is 737. The van der Waals surface area contributed by atoms with Gasteiger partial charge in [0, 0.05) is 11.6 Å². The monoisotopic (exact) mass is 324 g/mol. The normalized spacial score (nSPS) is 10.4. The highest BCUT2D eigenvalue weighted by Crippen LogP contribution is 2.11. The molecule has 2 aromatic rings. The van der Waals surface area contributed by atoms with Crippen molar-refractivity contribution in [1.82, 2.24) is 10.9 Å². The fourth-order valence-electron chi connectivity index (χ4n) is 2.05. The van der Waals surface area contributed by atoms with E-state index >= 15 is 0 Å². The zero-order chi connectivity index (χ0) is 17.4. The van der Waals surface area contributed by atoms with Crippen molar-refractivity contribution in [3.63, 3.8) is 0 Å². The number of aryl methyl sites for hydroxylation is 1. The molecular weight excluding hydrogens is 304 g/mol. The van der Waals surface area contributed by atoms with Gasteiger partial charge in [0.05, 0.1) is 6.61 Å². The number of hydrogen-bond acceptors (Lipinski definition) is 3. The summed E-state index contributed by atoms with van der Waals surface area (Å²) in [4.78, 5) is 23.7. The summed E-state index contributed by atoms with van der Waals surface area (Å²) < 4.78 is 5.31. The van der Waals surface area contributed by atoms with E-state index in [0.29, 0.717) is 17.9 Å². The second-order valence-electron chi connectivity index (χ2n) is 5.15. The van der Waals surface area contributed by atoms with E-state index in [2.05, 4.69) is 10.9 Å². The van der Waals surface area contributed by atoms with Crippen LogP contribution in [0.25, 0.3) is 6.08 Å². The smallest absolute Gasteiger partial charge is 0.269 e. The van der Waals surface area contributed by atoms with Crippen LogP contribution in [0.2, 0.25) is 0 Å². The number of rotatable bonds is 5. The molecule has 0 atom stereocenters. The highest BCUT2D eigenvalue weighted by Gasteiger charge is 2.06. The molecule has 24 heavy (non-hydrogen) atoms. The number of benzene rings is 2. The highest BCUT2D eigenvalue weighted by molar-refractivity contribution is 5.97. The van der Waals surface area contributed by atoms with Crippen molar-refractivity contribution in [1.29, 1.82) is 0 Å². The average molecular weight is 324 g/mol. The summed E-state index contributed by atoms with van der Waals surface area (Å²) in [5.41, 5.74) is 7.18. The van der Waals surface area contributed by atoms with Crippen LogP contribution >= 0.6 is 0 Å². The Kier molecular flexibility index (Phi) is 6.14. The summed E-state index contributed by atoms with van der Waals surface area (Å²) in [6.07, 6.45) is 3.05. The van der Waals surface area contributed by atoms with Crippen molar-refractivity contribution in [3.05, 3.63) is 71.3 Å².